The predicted octanol–water partition coefficient (Wildman–Crippen LogP) is 2.65. The Morgan fingerprint density at radius 3 is 2.56 bits per heavy atom. The summed E-state index contributed by atoms with van der Waals surface area (Å²) < 4.78 is 0. The first-order valence-corrected chi connectivity index (χ1v) is 8.96. The molecule has 0 aliphatic heterocycles. The summed E-state index contributed by atoms with van der Waals surface area (Å²) in [5.74, 6) is -1.70. The summed E-state index contributed by atoms with van der Waals surface area (Å²) in [6.07, 6.45) is 5.80. The summed E-state index contributed by atoms with van der Waals surface area (Å²) in [4.78, 5) is 39.0. The van der Waals surface area contributed by atoms with E-state index >= 15 is 0 Å². The fourth-order valence-corrected chi connectivity index (χ4v) is 3.09. The summed E-state index contributed by atoms with van der Waals surface area (Å²) in [6, 6.07) is 0.641. The van der Waals surface area contributed by atoms with Crippen molar-refractivity contribution < 1.29 is 14.7 Å². The molecule has 1 amide bonds. The quantitative estimate of drug-likeness (QED) is 0.712. The van der Waals surface area contributed by atoms with Crippen LogP contribution in [0.1, 0.15) is 74.5 Å². The highest BCUT2D eigenvalue weighted by Gasteiger charge is 2.25. The summed E-state index contributed by atoms with van der Waals surface area (Å²) in [6.45, 7) is 6.06. The van der Waals surface area contributed by atoms with E-state index < -0.39 is 23.5 Å². The number of carbonyl (C=O) groups excluding carboxylic acids is 1. The Balaban J connectivity index is 2.17. The number of hydrogen-bond donors (Lipinski definition) is 3. The Hall–Kier alpha value is -2.11. The number of carboxylic acid groups (broad SMARTS) is 1. The van der Waals surface area contributed by atoms with Gasteiger partial charge in [0, 0.05) is 5.69 Å². The number of aromatic nitrogens is 1. The van der Waals surface area contributed by atoms with Crippen molar-refractivity contribution in [3.05, 3.63) is 33.2 Å². The maximum atomic E-state index is 12.5. The number of amides is 1. The molecule has 2 rings (SSSR count). The highest BCUT2D eigenvalue weighted by Crippen LogP contribution is 2.22. The molecule has 1 atom stereocenters. The lowest BCUT2D eigenvalue weighted by atomic mass is 9.88. The van der Waals surface area contributed by atoms with Gasteiger partial charge in [0.25, 0.3) is 11.5 Å². The zero-order valence-electron chi connectivity index (χ0n) is 15.3. The number of nitrogens with one attached hydrogen (secondary N) is 2. The van der Waals surface area contributed by atoms with Crippen molar-refractivity contribution in [3.63, 3.8) is 0 Å². The van der Waals surface area contributed by atoms with Crippen LogP contribution in [0.25, 0.3) is 0 Å². The first-order chi connectivity index (χ1) is 11.7. The molecule has 138 valence electrons. The zero-order chi connectivity index (χ0) is 18.6. The molecular formula is C19H28N2O4. The van der Waals surface area contributed by atoms with Crippen LogP contribution in [0.3, 0.4) is 0 Å². The van der Waals surface area contributed by atoms with Crippen LogP contribution in [0.15, 0.2) is 10.9 Å². The number of H-pyrrole nitrogens is 1. The van der Waals surface area contributed by atoms with Crippen LogP contribution in [-0.4, -0.2) is 28.0 Å². The number of hydrogen-bond acceptors (Lipinski definition) is 3. The second-order valence-electron chi connectivity index (χ2n) is 8.04. The predicted molar refractivity (Wildman–Crippen MR) is 95.9 cm³/mol. The average molecular weight is 348 g/mol. The zero-order valence-corrected chi connectivity index (χ0v) is 15.3. The number of pyridine rings is 1. The SMILES string of the molecule is CC(C)(C)CCC(NC(=O)c1cc2c([nH]c1=O)CCCCC2)C(=O)O. The summed E-state index contributed by atoms with van der Waals surface area (Å²) in [7, 11) is 0. The minimum Gasteiger partial charge on any atom is -0.480 e. The molecular weight excluding hydrogens is 320 g/mol. The lowest BCUT2D eigenvalue weighted by Crippen LogP contribution is -2.43. The fourth-order valence-electron chi connectivity index (χ4n) is 3.09. The fraction of sp³-hybridized carbons (Fsp3) is 0.632. The van der Waals surface area contributed by atoms with Crippen LogP contribution < -0.4 is 10.9 Å². The van der Waals surface area contributed by atoms with Gasteiger partial charge in [0.05, 0.1) is 0 Å². The van der Waals surface area contributed by atoms with Gasteiger partial charge in [-0.3, -0.25) is 9.59 Å². The molecule has 1 aromatic heterocycles. The number of carboxylic acids is 1. The number of rotatable bonds is 5. The minimum absolute atomic E-state index is 0.00246. The lowest BCUT2D eigenvalue weighted by Gasteiger charge is -2.21. The van der Waals surface area contributed by atoms with E-state index in [2.05, 4.69) is 10.3 Å². The van der Waals surface area contributed by atoms with E-state index in [1.165, 1.54) is 0 Å². The second kappa shape index (κ2) is 7.85. The largest absolute Gasteiger partial charge is 0.480 e. The third-order valence-electron chi connectivity index (χ3n) is 4.62. The third-order valence-corrected chi connectivity index (χ3v) is 4.62. The molecule has 6 nitrogen and oxygen atoms in total. The molecule has 0 aromatic carbocycles. The summed E-state index contributed by atoms with van der Waals surface area (Å²) in [5, 5.41) is 11.9. The van der Waals surface area contributed by atoms with Crippen LogP contribution in [0, 0.1) is 5.41 Å². The Morgan fingerprint density at radius 1 is 1.24 bits per heavy atom. The van der Waals surface area contributed by atoms with Gasteiger partial charge < -0.3 is 15.4 Å². The van der Waals surface area contributed by atoms with Gasteiger partial charge in [-0.05, 0) is 55.6 Å². The van der Waals surface area contributed by atoms with Gasteiger partial charge in [0.15, 0.2) is 0 Å². The lowest BCUT2D eigenvalue weighted by molar-refractivity contribution is -0.139. The number of fused-ring (bicyclic) bond motifs is 1. The molecule has 1 aromatic rings. The van der Waals surface area contributed by atoms with Crippen molar-refractivity contribution in [2.24, 2.45) is 5.41 Å². The highest BCUT2D eigenvalue weighted by molar-refractivity contribution is 5.96. The van der Waals surface area contributed by atoms with Crippen LogP contribution in [-0.2, 0) is 17.6 Å². The van der Waals surface area contributed by atoms with Crippen molar-refractivity contribution in [2.75, 3.05) is 0 Å². The van der Waals surface area contributed by atoms with Gasteiger partial charge in [-0.1, -0.05) is 27.2 Å². The van der Waals surface area contributed by atoms with Crippen molar-refractivity contribution >= 4 is 11.9 Å². The molecule has 0 fully saturated rings. The summed E-state index contributed by atoms with van der Waals surface area (Å²) in [5.41, 5.74) is 1.42. The molecule has 25 heavy (non-hydrogen) atoms. The van der Waals surface area contributed by atoms with Crippen molar-refractivity contribution in [1.82, 2.24) is 10.3 Å². The first kappa shape index (κ1) is 19.2. The molecule has 1 heterocycles. The minimum atomic E-state index is -1.08. The van der Waals surface area contributed by atoms with Gasteiger partial charge in [0.2, 0.25) is 0 Å². The molecule has 1 aliphatic rings. The van der Waals surface area contributed by atoms with Crippen LogP contribution in [0.2, 0.25) is 0 Å². The van der Waals surface area contributed by atoms with Crippen LogP contribution >= 0.6 is 0 Å². The monoisotopic (exact) mass is 348 g/mol. The average Bonchev–Trinajstić information content (AvgIpc) is 2.73. The van der Waals surface area contributed by atoms with Crippen molar-refractivity contribution in [2.45, 2.75) is 71.8 Å². The number of aliphatic carboxylic acids is 1. The maximum absolute atomic E-state index is 12.5. The Kier molecular flexibility index (Phi) is 6.03. The molecule has 0 bridgehead atoms. The first-order valence-electron chi connectivity index (χ1n) is 8.96. The Morgan fingerprint density at radius 2 is 1.92 bits per heavy atom. The van der Waals surface area contributed by atoms with Crippen LogP contribution in [0.4, 0.5) is 0 Å². The topological polar surface area (TPSA) is 99.3 Å². The van der Waals surface area contributed by atoms with E-state index in [1.807, 2.05) is 20.8 Å². The molecule has 0 radical (unpaired) electrons. The van der Waals surface area contributed by atoms with Gasteiger partial charge in [0.1, 0.15) is 11.6 Å². The van der Waals surface area contributed by atoms with E-state index in [-0.39, 0.29) is 11.0 Å². The Bertz CT molecular complexity index is 700. The van der Waals surface area contributed by atoms with E-state index in [0.29, 0.717) is 12.8 Å². The smallest absolute Gasteiger partial charge is 0.326 e. The van der Waals surface area contributed by atoms with E-state index in [4.69, 9.17) is 0 Å². The van der Waals surface area contributed by atoms with E-state index in [9.17, 15) is 19.5 Å². The van der Waals surface area contributed by atoms with Gasteiger partial charge in [-0.15, -0.1) is 0 Å². The van der Waals surface area contributed by atoms with Crippen LogP contribution in [0.5, 0.6) is 0 Å². The number of carbonyl (C=O) groups is 2. The number of aryl methyl sites for hydroxylation is 2. The Labute approximate surface area is 148 Å². The molecule has 0 spiro atoms. The standard InChI is InChI=1S/C19H28N2O4/c1-19(2,3)10-9-15(18(24)25)21-17(23)13-11-12-7-5-4-6-8-14(12)20-16(13)22/h11,15H,4-10H2,1-3H3,(H,20,22)(H,21,23)(H,24,25). The van der Waals surface area contributed by atoms with E-state index in [0.717, 1.165) is 43.4 Å². The molecule has 6 heteroatoms. The third kappa shape index (κ3) is 5.44. The van der Waals surface area contributed by atoms with Gasteiger partial charge in [-0.2, -0.15) is 0 Å². The molecule has 1 aliphatic carbocycles. The molecule has 3 N–H and O–H groups in total. The number of aromatic amines is 1. The maximum Gasteiger partial charge on any atom is 0.326 e. The van der Waals surface area contributed by atoms with Gasteiger partial charge in [-0.25, -0.2) is 4.79 Å². The van der Waals surface area contributed by atoms with Crippen molar-refractivity contribution in [1.29, 1.82) is 0 Å². The highest BCUT2D eigenvalue weighted by atomic mass is 16.4. The molecule has 0 saturated carbocycles. The van der Waals surface area contributed by atoms with Crippen molar-refractivity contribution in [3.8, 4) is 0 Å². The molecule has 0 saturated heterocycles. The van der Waals surface area contributed by atoms with E-state index in [1.54, 1.807) is 6.07 Å². The second-order valence-corrected chi connectivity index (χ2v) is 8.04. The van der Waals surface area contributed by atoms with Gasteiger partial charge >= 0.3 is 5.97 Å². The molecule has 1 unspecified atom stereocenters. The summed E-state index contributed by atoms with van der Waals surface area (Å²) >= 11 is 0. The normalized spacial score (nSPS) is 15.8.